The van der Waals surface area contributed by atoms with Gasteiger partial charge in [0.2, 0.25) is 17.7 Å². The van der Waals surface area contributed by atoms with E-state index in [-0.39, 0.29) is 29.6 Å². The molecule has 3 amide bonds. The standard InChI is InChI=1S/C24H21N3O7S/c28-21-13-20(23(30)26(21)15-7-9-16(10-8-15)27(33)34)35-17-11-5-14(6-12-17)25-22(29)18-3-1-2-4-19(18)24(31)32/h1-2,5-12,18-20H,3-4,13H2,(H,25,29)(H,31,32). The van der Waals surface area contributed by atoms with Crippen LogP contribution in [0.15, 0.2) is 65.6 Å². The monoisotopic (exact) mass is 495 g/mol. The van der Waals surface area contributed by atoms with Crippen molar-refractivity contribution in [2.75, 3.05) is 10.2 Å². The van der Waals surface area contributed by atoms with Gasteiger partial charge in [0.1, 0.15) is 0 Å². The van der Waals surface area contributed by atoms with Crippen LogP contribution in [0.1, 0.15) is 19.3 Å². The molecule has 3 unspecified atom stereocenters. The number of carbonyl (C=O) groups excluding carboxylic acids is 3. The van der Waals surface area contributed by atoms with Gasteiger partial charge in [-0.1, -0.05) is 12.2 Å². The van der Waals surface area contributed by atoms with Crippen LogP contribution in [-0.4, -0.2) is 39.0 Å². The molecule has 0 spiro atoms. The smallest absolute Gasteiger partial charge is 0.307 e. The van der Waals surface area contributed by atoms with Gasteiger partial charge in [-0.3, -0.25) is 29.3 Å². The highest BCUT2D eigenvalue weighted by atomic mass is 32.2. The summed E-state index contributed by atoms with van der Waals surface area (Å²) >= 11 is 1.21. The summed E-state index contributed by atoms with van der Waals surface area (Å²) in [6.07, 6.45) is 4.24. The van der Waals surface area contributed by atoms with E-state index in [4.69, 9.17) is 0 Å². The molecule has 10 nitrogen and oxygen atoms in total. The fourth-order valence-electron chi connectivity index (χ4n) is 4.08. The molecule has 1 fully saturated rings. The molecule has 0 bridgehead atoms. The first-order valence-electron chi connectivity index (χ1n) is 10.8. The molecule has 1 heterocycles. The first-order valence-corrected chi connectivity index (χ1v) is 11.7. The van der Waals surface area contributed by atoms with Crippen LogP contribution in [0.2, 0.25) is 0 Å². The van der Waals surface area contributed by atoms with Gasteiger partial charge in [0.15, 0.2) is 0 Å². The van der Waals surface area contributed by atoms with E-state index in [2.05, 4.69) is 5.32 Å². The number of carboxylic acids is 1. The van der Waals surface area contributed by atoms with Crippen molar-refractivity contribution in [1.82, 2.24) is 0 Å². The molecule has 2 aromatic carbocycles. The lowest BCUT2D eigenvalue weighted by atomic mass is 9.82. The predicted octanol–water partition coefficient (Wildman–Crippen LogP) is 3.62. The van der Waals surface area contributed by atoms with E-state index in [1.54, 1.807) is 30.3 Å². The average molecular weight is 496 g/mol. The number of thioether (sulfide) groups is 1. The molecule has 2 N–H and O–H groups in total. The van der Waals surface area contributed by atoms with Gasteiger partial charge in [0, 0.05) is 29.1 Å². The van der Waals surface area contributed by atoms with Crippen molar-refractivity contribution in [3.05, 3.63) is 70.8 Å². The lowest BCUT2D eigenvalue weighted by molar-refractivity contribution is -0.384. The highest BCUT2D eigenvalue weighted by Gasteiger charge is 2.40. The van der Waals surface area contributed by atoms with Crippen molar-refractivity contribution in [1.29, 1.82) is 0 Å². The lowest BCUT2D eigenvalue weighted by Gasteiger charge is -2.24. The molecule has 11 heteroatoms. The summed E-state index contributed by atoms with van der Waals surface area (Å²) in [5, 5.41) is 22.3. The van der Waals surface area contributed by atoms with E-state index in [1.165, 1.54) is 36.0 Å². The fourth-order valence-corrected chi connectivity index (χ4v) is 5.14. The fraction of sp³-hybridized carbons (Fsp3) is 0.250. The summed E-state index contributed by atoms with van der Waals surface area (Å²) in [7, 11) is 0. The quantitative estimate of drug-likeness (QED) is 0.256. The van der Waals surface area contributed by atoms with Crippen LogP contribution < -0.4 is 10.2 Å². The Hall–Kier alpha value is -3.99. The van der Waals surface area contributed by atoms with Gasteiger partial charge < -0.3 is 10.4 Å². The minimum atomic E-state index is -1.00. The Morgan fingerprint density at radius 3 is 2.23 bits per heavy atom. The topological polar surface area (TPSA) is 147 Å². The Kier molecular flexibility index (Phi) is 6.97. The van der Waals surface area contributed by atoms with E-state index >= 15 is 0 Å². The minimum Gasteiger partial charge on any atom is -0.481 e. The number of nitro benzene ring substituents is 1. The molecule has 0 aromatic heterocycles. The number of nitrogens with zero attached hydrogens (tertiary/aromatic N) is 2. The molecule has 2 aromatic rings. The largest absolute Gasteiger partial charge is 0.481 e. The summed E-state index contributed by atoms with van der Waals surface area (Å²) in [6, 6.07) is 12.0. The van der Waals surface area contributed by atoms with E-state index in [0.29, 0.717) is 23.4 Å². The number of carboxylic acid groups (broad SMARTS) is 1. The number of hydrogen-bond donors (Lipinski definition) is 2. The van der Waals surface area contributed by atoms with Crippen LogP contribution in [-0.2, 0) is 19.2 Å². The molecular weight excluding hydrogens is 474 g/mol. The molecule has 2 aliphatic rings. The van der Waals surface area contributed by atoms with Gasteiger partial charge in [-0.25, -0.2) is 4.90 Å². The number of carbonyl (C=O) groups is 4. The van der Waals surface area contributed by atoms with E-state index in [0.717, 1.165) is 4.90 Å². The van der Waals surface area contributed by atoms with Crippen LogP contribution in [0.5, 0.6) is 0 Å². The Labute approximate surface area is 204 Å². The number of non-ortho nitro benzene ring substituents is 1. The van der Waals surface area contributed by atoms with E-state index in [9.17, 15) is 34.4 Å². The second-order valence-corrected chi connectivity index (χ2v) is 9.44. The van der Waals surface area contributed by atoms with Gasteiger partial charge in [-0.2, -0.15) is 0 Å². The maximum absolute atomic E-state index is 12.9. The number of benzene rings is 2. The second kappa shape index (κ2) is 10.1. The normalized spacial score (nSPS) is 21.7. The molecule has 180 valence electrons. The summed E-state index contributed by atoms with van der Waals surface area (Å²) in [6.45, 7) is 0. The lowest BCUT2D eigenvalue weighted by Crippen LogP contribution is -2.34. The summed E-state index contributed by atoms with van der Waals surface area (Å²) in [5.74, 6) is -3.58. The number of allylic oxidation sites excluding steroid dienone is 2. The Bertz CT molecular complexity index is 1210. The summed E-state index contributed by atoms with van der Waals surface area (Å²) in [5.41, 5.74) is 0.646. The first kappa shape index (κ1) is 24.1. The van der Waals surface area contributed by atoms with E-state index < -0.39 is 33.9 Å². The Morgan fingerprint density at radius 1 is 1.00 bits per heavy atom. The van der Waals surface area contributed by atoms with Gasteiger partial charge in [0.25, 0.3) is 5.69 Å². The van der Waals surface area contributed by atoms with Gasteiger partial charge in [0.05, 0.1) is 27.7 Å². The van der Waals surface area contributed by atoms with Crippen molar-refractivity contribution < 1.29 is 29.2 Å². The Morgan fingerprint density at radius 2 is 1.63 bits per heavy atom. The van der Waals surface area contributed by atoms with Crippen molar-refractivity contribution in [3.63, 3.8) is 0 Å². The van der Waals surface area contributed by atoms with Gasteiger partial charge >= 0.3 is 5.97 Å². The molecule has 1 aliphatic heterocycles. The number of aliphatic carboxylic acids is 1. The van der Waals surface area contributed by atoms with Crippen molar-refractivity contribution in [2.24, 2.45) is 11.8 Å². The molecule has 0 saturated carbocycles. The number of imide groups is 1. The van der Waals surface area contributed by atoms with E-state index in [1.807, 2.05) is 6.08 Å². The zero-order valence-corrected chi connectivity index (χ0v) is 19.1. The molecule has 3 atom stereocenters. The third kappa shape index (κ3) is 5.24. The van der Waals surface area contributed by atoms with Crippen LogP contribution in [0.3, 0.4) is 0 Å². The molecule has 35 heavy (non-hydrogen) atoms. The van der Waals surface area contributed by atoms with Gasteiger partial charge in [-0.05, 0) is 49.2 Å². The summed E-state index contributed by atoms with van der Waals surface area (Å²) < 4.78 is 0. The number of anilines is 2. The molecule has 0 radical (unpaired) electrons. The van der Waals surface area contributed by atoms with Crippen LogP contribution >= 0.6 is 11.8 Å². The highest BCUT2D eigenvalue weighted by Crippen LogP contribution is 2.35. The number of nitro groups is 1. The maximum atomic E-state index is 12.9. The Balaban J connectivity index is 1.39. The summed E-state index contributed by atoms with van der Waals surface area (Å²) in [4.78, 5) is 61.4. The molecular formula is C24H21N3O7S. The van der Waals surface area contributed by atoms with Crippen LogP contribution in [0, 0.1) is 22.0 Å². The zero-order valence-electron chi connectivity index (χ0n) is 18.3. The third-order valence-corrected chi connectivity index (χ3v) is 7.11. The van der Waals surface area contributed by atoms with Crippen molar-refractivity contribution in [2.45, 2.75) is 29.4 Å². The zero-order chi connectivity index (χ0) is 25.1. The SMILES string of the molecule is O=C(O)C1CC=CCC1C(=O)Nc1ccc(SC2CC(=O)N(c3ccc([N+](=O)[O-])cc3)C2=O)cc1. The van der Waals surface area contributed by atoms with Crippen molar-refractivity contribution >= 4 is 52.5 Å². The molecule has 1 aliphatic carbocycles. The highest BCUT2D eigenvalue weighted by molar-refractivity contribution is 8.00. The molecule has 1 saturated heterocycles. The number of nitrogens with one attached hydrogen (secondary N) is 1. The number of hydrogen-bond acceptors (Lipinski definition) is 7. The first-order chi connectivity index (χ1) is 16.7. The second-order valence-electron chi connectivity index (χ2n) is 8.16. The third-order valence-electron chi connectivity index (χ3n) is 5.91. The number of amides is 3. The van der Waals surface area contributed by atoms with Gasteiger partial charge in [-0.15, -0.1) is 11.8 Å². The average Bonchev–Trinajstić information content (AvgIpc) is 3.12. The minimum absolute atomic E-state index is 0.00918. The van der Waals surface area contributed by atoms with Crippen LogP contribution in [0.25, 0.3) is 0 Å². The maximum Gasteiger partial charge on any atom is 0.307 e. The predicted molar refractivity (Wildman–Crippen MR) is 128 cm³/mol. The van der Waals surface area contributed by atoms with Crippen LogP contribution in [0.4, 0.5) is 17.1 Å². The van der Waals surface area contributed by atoms with Crippen molar-refractivity contribution in [3.8, 4) is 0 Å². The molecule has 4 rings (SSSR count). The number of rotatable bonds is 7.